The standard InChI is InChI=1S/C25H25N3O5/c29-23-20-13-27(24(30)15-3-1-2-4-15)9-10-28(20)25(31)18-11-16(5-7-19(18)26-23)17-6-8-21-22(12-17)33-14-32-21/h5-8,11-12,15,20H,1-4,9-10,13-14H2,(H,26,29)/t20-/m0/s1. The van der Waals surface area contributed by atoms with Gasteiger partial charge in [0.15, 0.2) is 11.5 Å². The number of carbonyl (C=O) groups is 3. The summed E-state index contributed by atoms with van der Waals surface area (Å²) in [6, 6.07) is 10.4. The minimum Gasteiger partial charge on any atom is -0.454 e. The van der Waals surface area contributed by atoms with Crippen LogP contribution in [0.4, 0.5) is 5.69 Å². The number of nitrogens with one attached hydrogen (secondary N) is 1. The van der Waals surface area contributed by atoms with Gasteiger partial charge in [0.2, 0.25) is 18.6 Å². The van der Waals surface area contributed by atoms with Crippen molar-refractivity contribution in [1.29, 1.82) is 0 Å². The van der Waals surface area contributed by atoms with Gasteiger partial charge in [-0.1, -0.05) is 25.0 Å². The molecule has 0 unspecified atom stereocenters. The summed E-state index contributed by atoms with van der Waals surface area (Å²) in [6.45, 7) is 1.26. The second-order valence-electron chi connectivity index (χ2n) is 9.10. The quantitative estimate of drug-likeness (QED) is 0.765. The molecule has 4 aliphatic rings. The predicted octanol–water partition coefficient (Wildman–Crippen LogP) is 2.88. The number of nitrogens with zero attached hydrogens (tertiary/aromatic N) is 2. The minimum absolute atomic E-state index is 0.0579. The van der Waals surface area contributed by atoms with Crippen molar-refractivity contribution in [2.45, 2.75) is 31.7 Å². The molecule has 3 aliphatic heterocycles. The molecular weight excluding hydrogens is 422 g/mol. The summed E-state index contributed by atoms with van der Waals surface area (Å²) < 4.78 is 10.9. The van der Waals surface area contributed by atoms with Crippen LogP contribution in [-0.4, -0.2) is 60.0 Å². The Morgan fingerprint density at radius 1 is 0.939 bits per heavy atom. The largest absolute Gasteiger partial charge is 0.454 e. The molecule has 1 atom stereocenters. The molecule has 3 amide bonds. The summed E-state index contributed by atoms with van der Waals surface area (Å²) >= 11 is 0. The summed E-state index contributed by atoms with van der Waals surface area (Å²) in [5.41, 5.74) is 2.70. The topological polar surface area (TPSA) is 88.2 Å². The number of fused-ring (bicyclic) bond motifs is 3. The molecule has 1 aliphatic carbocycles. The highest BCUT2D eigenvalue weighted by Crippen LogP contribution is 2.37. The molecule has 2 aromatic carbocycles. The van der Waals surface area contributed by atoms with Crippen LogP contribution in [-0.2, 0) is 9.59 Å². The molecule has 0 aromatic heterocycles. The molecule has 1 saturated heterocycles. The average molecular weight is 447 g/mol. The number of hydrogen-bond acceptors (Lipinski definition) is 5. The molecular formula is C25H25N3O5. The van der Waals surface area contributed by atoms with Gasteiger partial charge in [-0.3, -0.25) is 14.4 Å². The number of hydrogen-bond donors (Lipinski definition) is 1. The number of amides is 3. The summed E-state index contributed by atoms with van der Waals surface area (Å²) in [5, 5.41) is 2.92. The lowest BCUT2D eigenvalue weighted by molar-refractivity contribution is -0.139. The van der Waals surface area contributed by atoms with Crippen molar-refractivity contribution in [3.05, 3.63) is 42.0 Å². The molecule has 0 radical (unpaired) electrons. The van der Waals surface area contributed by atoms with Crippen molar-refractivity contribution >= 4 is 23.4 Å². The zero-order valence-corrected chi connectivity index (χ0v) is 18.2. The minimum atomic E-state index is -0.682. The Hall–Kier alpha value is -3.55. The summed E-state index contributed by atoms with van der Waals surface area (Å²) in [5.74, 6) is 1.11. The maximum Gasteiger partial charge on any atom is 0.256 e. The number of rotatable bonds is 2. The van der Waals surface area contributed by atoms with Crippen molar-refractivity contribution < 1.29 is 23.9 Å². The number of ether oxygens (including phenoxy) is 2. The van der Waals surface area contributed by atoms with Crippen LogP contribution in [0.1, 0.15) is 36.0 Å². The highest BCUT2D eigenvalue weighted by molar-refractivity contribution is 6.10. The van der Waals surface area contributed by atoms with Crippen LogP contribution in [0.5, 0.6) is 11.5 Å². The van der Waals surface area contributed by atoms with Gasteiger partial charge >= 0.3 is 0 Å². The molecule has 33 heavy (non-hydrogen) atoms. The first-order chi connectivity index (χ1) is 16.1. The van der Waals surface area contributed by atoms with Crippen molar-refractivity contribution in [1.82, 2.24) is 9.80 Å². The van der Waals surface area contributed by atoms with Gasteiger partial charge in [0.1, 0.15) is 6.04 Å². The van der Waals surface area contributed by atoms with Crippen LogP contribution in [0.2, 0.25) is 0 Å². The van der Waals surface area contributed by atoms with E-state index in [0.717, 1.165) is 36.8 Å². The average Bonchev–Trinajstić information content (AvgIpc) is 3.53. The Kier molecular flexibility index (Phi) is 4.74. The third kappa shape index (κ3) is 3.41. The second kappa shape index (κ2) is 7.79. The van der Waals surface area contributed by atoms with Gasteiger partial charge < -0.3 is 24.6 Å². The predicted molar refractivity (Wildman–Crippen MR) is 120 cm³/mol. The molecule has 0 bridgehead atoms. The molecule has 0 spiro atoms. The Labute approximate surface area is 191 Å². The molecule has 2 fully saturated rings. The number of benzene rings is 2. The maximum absolute atomic E-state index is 13.5. The zero-order valence-electron chi connectivity index (χ0n) is 18.2. The first kappa shape index (κ1) is 20.1. The van der Waals surface area contributed by atoms with Gasteiger partial charge in [-0.05, 0) is 48.2 Å². The second-order valence-corrected chi connectivity index (χ2v) is 9.10. The van der Waals surface area contributed by atoms with E-state index in [-0.39, 0.29) is 37.0 Å². The summed E-state index contributed by atoms with van der Waals surface area (Å²) in [6.07, 6.45) is 4.01. The van der Waals surface area contributed by atoms with E-state index < -0.39 is 6.04 Å². The van der Waals surface area contributed by atoms with Gasteiger partial charge in [0.05, 0.1) is 17.8 Å². The molecule has 8 heteroatoms. The molecule has 6 rings (SSSR count). The van der Waals surface area contributed by atoms with Crippen LogP contribution < -0.4 is 14.8 Å². The maximum atomic E-state index is 13.5. The van der Waals surface area contributed by atoms with Crippen molar-refractivity contribution in [3.63, 3.8) is 0 Å². The Morgan fingerprint density at radius 3 is 2.55 bits per heavy atom. The fourth-order valence-electron chi connectivity index (χ4n) is 5.34. The van der Waals surface area contributed by atoms with Gasteiger partial charge in [-0.2, -0.15) is 0 Å². The molecule has 1 N–H and O–H groups in total. The Balaban J connectivity index is 1.28. The highest BCUT2D eigenvalue weighted by atomic mass is 16.7. The number of anilines is 1. The molecule has 1 saturated carbocycles. The van der Waals surface area contributed by atoms with Crippen LogP contribution >= 0.6 is 0 Å². The lowest BCUT2D eigenvalue weighted by atomic mass is 10.0. The van der Waals surface area contributed by atoms with Crippen molar-refractivity contribution in [3.8, 4) is 22.6 Å². The number of piperazine rings is 1. The third-order valence-electron chi connectivity index (χ3n) is 7.17. The van der Waals surface area contributed by atoms with E-state index in [1.54, 1.807) is 15.9 Å². The lowest BCUT2D eigenvalue weighted by Crippen LogP contribution is -2.60. The van der Waals surface area contributed by atoms with E-state index >= 15 is 0 Å². The lowest BCUT2D eigenvalue weighted by Gasteiger charge is -2.40. The monoisotopic (exact) mass is 447 g/mol. The van der Waals surface area contributed by atoms with E-state index in [2.05, 4.69) is 5.32 Å². The van der Waals surface area contributed by atoms with E-state index in [1.807, 2.05) is 30.3 Å². The summed E-state index contributed by atoms with van der Waals surface area (Å²) in [4.78, 5) is 42.9. The third-order valence-corrected chi connectivity index (χ3v) is 7.17. The summed E-state index contributed by atoms with van der Waals surface area (Å²) in [7, 11) is 0. The van der Waals surface area contributed by atoms with Gasteiger partial charge in [-0.25, -0.2) is 0 Å². The molecule has 2 aromatic rings. The normalized spacial score (nSPS) is 22.0. The SMILES string of the molecule is O=C1Nc2ccc(-c3ccc4c(c3)OCO4)cc2C(=O)N2CCN(C(=O)C3CCCC3)C[C@@H]12. The van der Waals surface area contributed by atoms with Gasteiger partial charge in [0, 0.05) is 19.0 Å². The highest BCUT2D eigenvalue weighted by Gasteiger charge is 2.41. The smallest absolute Gasteiger partial charge is 0.256 e. The molecule has 3 heterocycles. The van der Waals surface area contributed by atoms with E-state index in [4.69, 9.17) is 9.47 Å². The number of carbonyl (C=O) groups excluding carboxylic acids is 3. The van der Waals surface area contributed by atoms with E-state index in [0.29, 0.717) is 35.8 Å². The first-order valence-electron chi connectivity index (χ1n) is 11.5. The molecule has 170 valence electrons. The van der Waals surface area contributed by atoms with Crippen LogP contribution in [0.25, 0.3) is 11.1 Å². The van der Waals surface area contributed by atoms with Gasteiger partial charge in [-0.15, -0.1) is 0 Å². The van der Waals surface area contributed by atoms with E-state index in [1.165, 1.54) is 0 Å². The van der Waals surface area contributed by atoms with Crippen molar-refractivity contribution in [2.75, 3.05) is 31.7 Å². The van der Waals surface area contributed by atoms with Crippen LogP contribution in [0.15, 0.2) is 36.4 Å². The first-order valence-corrected chi connectivity index (χ1v) is 11.5. The van der Waals surface area contributed by atoms with E-state index in [9.17, 15) is 14.4 Å². The van der Waals surface area contributed by atoms with Crippen LogP contribution in [0.3, 0.4) is 0 Å². The fourth-order valence-corrected chi connectivity index (χ4v) is 5.34. The Morgan fingerprint density at radius 2 is 1.70 bits per heavy atom. The van der Waals surface area contributed by atoms with Crippen LogP contribution in [0, 0.1) is 5.92 Å². The van der Waals surface area contributed by atoms with Crippen molar-refractivity contribution in [2.24, 2.45) is 5.92 Å². The Bertz CT molecular complexity index is 1160. The molecule has 8 nitrogen and oxygen atoms in total. The zero-order chi connectivity index (χ0) is 22.5. The fraction of sp³-hybridized carbons (Fsp3) is 0.400. The van der Waals surface area contributed by atoms with Gasteiger partial charge in [0.25, 0.3) is 5.91 Å².